The predicted molar refractivity (Wildman–Crippen MR) is 47.9 cm³/mol. The molecule has 70 valence electrons. The molecule has 0 bridgehead atoms. The van der Waals surface area contributed by atoms with Gasteiger partial charge in [-0.15, -0.1) is 0 Å². The van der Waals surface area contributed by atoms with Crippen molar-refractivity contribution < 1.29 is 9.50 Å². The summed E-state index contributed by atoms with van der Waals surface area (Å²) in [6.07, 6.45) is 1.80. The van der Waals surface area contributed by atoms with Crippen molar-refractivity contribution in [2.75, 3.05) is 0 Å². The Morgan fingerprint density at radius 2 is 2.08 bits per heavy atom. The Hall–Kier alpha value is -1.09. The lowest BCUT2D eigenvalue weighted by atomic mass is 9.99. The van der Waals surface area contributed by atoms with Crippen molar-refractivity contribution in [2.45, 2.75) is 25.3 Å². The van der Waals surface area contributed by atoms with Crippen molar-refractivity contribution in [3.05, 3.63) is 29.1 Å². The molecule has 3 N–H and O–H groups in total. The van der Waals surface area contributed by atoms with Gasteiger partial charge in [-0.1, -0.05) is 0 Å². The summed E-state index contributed by atoms with van der Waals surface area (Å²) in [5, 5.41) is 9.09. The van der Waals surface area contributed by atoms with Crippen LogP contribution in [-0.4, -0.2) is 5.11 Å². The molecule has 0 aromatic heterocycles. The number of nitrogens with two attached hydrogens (primary N) is 1. The van der Waals surface area contributed by atoms with E-state index in [4.69, 9.17) is 10.8 Å². The van der Waals surface area contributed by atoms with Crippen LogP contribution in [0.4, 0.5) is 4.39 Å². The van der Waals surface area contributed by atoms with Gasteiger partial charge < -0.3 is 10.8 Å². The SMILES string of the molecule is Cc1cc(O)c(F)cc1C1(N)CC1. The molecule has 0 atom stereocenters. The molecular weight excluding hydrogens is 169 g/mol. The number of aromatic hydroxyl groups is 1. The maximum Gasteiger partial charge on any atom is 0.165 e. The van der Waals surface area contributed by atoms with Crippen LogP contribution in [0.15, 0.2) is 12.1 Å². The first-order valence-electron chi connectivity index (χ1n) is 4.31. The highest BCUT2D eigenvalue weighted by Gasteiger charge is 2.41. The van der Waals surface area contributed by atoms with Crippen molar-refractivity contribution in [2.24, 2.45) is 5.73 Å². The number of hydrogen-bond acceptors (Lipinski definition) is 2. The fourth-order valence-corrected chi connectivity index (χ4v) is 1.61. The van der Waals surface area contributed by atoms with E-state index >= 15 is 0 Å². The van der Waals surface area contributed by atoms with E-state index in [1.54, 1.807) is 0 Å². The molecule has 0 unspecified atom stereocenters. The van der Waals surface area contributed by atoms with Gasteiger partial charge in [-0.05, 0) is 43.0 Å². The highest BCUT2D eigenvalue weighted by atomic mass is 19.1. The Balaban J connectivity index is 2.52. The molecule has 0 amide bonds. The zero-order valence-corrected chi connectivity index (χ0v) is 7.47. The largest absolute Gasteiger partial charge is 0.505 e. The fourth-order valence-electron chi connectivity index (χ4n) is 1.61. The van der Waals surface area contributed by atoms with Crippen LogP contribution >= 0.6 is 0 Å². The van der Waals surface area contributed by atoms with Crippen LogP contribution in [0.2, 0.25) is 0 Å². The minimum atomic E-state index is -0.586. The summed E-state index contributed by atoms with van der Waals surface area (Å²) in [5.74, 6) is -0.886. The zero-order valence-electron chi connectivity index (χ0n) is 7.47. The number of rotatable bonds is 1. The highest BCUT2D eigenvalue weighted by molar-refractivity contribution is 5.41. The molecule has 0 radical (unpaired) electrons. The quantitative estimate of drug-likeness (QED) is 0.693. The monoisotopic (exact) mass is 181 g/mol. The van der Waals surface area contributed by atoms with Gasteiger partial charge in [0.2, 0.25) is 0 Å². The molecule has 0 saturated heterocycles. The van der Waals surface area contributed by atoms with Gasteiger partial charge in [-0.3, -0.25) is 0 Å². The van der Waals surface area contributed by atoms with E-state index in [9.17, 15) is 4.39 Å². The summed E-state index contributed by atoms with van der Waals surface area (Å²) in [4.78, 5) is 0. The molecule has 1 saturated carbocycles. The van der Waals surface area contributed by atoms with Gasteiger partial charge in [0.25, 0.3) is 0 Å². The number of hydrogen-bond donors (Lipinski definition) is 2. The van der Waals surface area contributed by atoms with Gasteiger partial charge in [-0.25, -0.2) is 4.39 Å². The van der Waals surface area contributed by atoms with Crippen LogP contribution in [0, 0.1) is 12.7 Å². The Morgan fingerprint density at radius 3 is 2.62 bits per heavy atom. The topological polar surface area (TPSA) is 46.2 Å². The fraction of sp³-hybridized carbons (Fsp3) is 0.400. The molecule has 1 aromatic rings. The van der Waals surface area contributed by atoms with Crippen molar-refractivity contribution in [3.8, 4) is 5.75 Å². The summed E-state index contributed by atoms with van der Waals surface area (Å²) < 4.78 is 13.0. The first-order chi connectivity index (χ1) is 6.03. The van der Waals surface area contributed by atoms with Crippen molar-refractivity contribution in [1.29, 1.82) is 0 Å². The molecule has 0 heterocycles. The standard InChI is InChI=1S/C10H12FNO/c1-6-4-9(13)8(11)5-7(6)10(12)2-3-10/h4-5,13H,2-3,12H2,1H3. The highest BCUT2D eigenvalue weighted by Crippen LogP contribution is 2.44. The Morgan fingerprint density at radius 1 is 1.46 bits per heavy atom. The molecule has 0 aliphatic heterocycles. The molecule has 1 aliphatic carbocycles. The number of benzene rings is 1. The lowest BCUT2D eigenvalue weighted by Gasteiger charge is -2.13. The van der Waals surface area contributed by atoms with Gasteiger partial charge >= 0.3 is 0 Å². The zero-order chi connectivity index (χ0) is 9.64. The van der Waals surface area contributed by atoms with Crippen molar-refractivity contribution in [1.82, 2.24) is 0 Å². The molecule has 13 heavy (non-hydrogen) atoms. The molecule has 2 rings (SSSR count). The van der Waals surface area contributed by atoms with Gasteiger partial charge in [-0.2, -0.15) is 0 Å². The third kappa shape index (κ3) is 1.29. The lowest BCUT2D eigenvalue weighted by molar-refractivity contribution is 0.430. The first-order valence-corrected chi connectivity index (χ1v) is 4.31. The molecule has 3 heteroatoms. The third-order valence-corrected chi connectivity index (χ3v) is 2.62. The third-order valence-electron chi connectivity index (χ3n) is 2.62. The van der Waals surface area contributed by atoms with E-state index in [2.05, 4.69) is 0 Å². The minimum Gasteiger partial charge on any atom is -0.505 e. The van der Waals surface area contributed by atoms with E-state index in [0.29, 0.717) is 0 Å². The average Bonchev–Trinajstić information content (AvgIpc) is 2.77. The van der Waals surface area contributed by atoms with E-state index in [-0.39, 0.29) is 11.3 Å². The van der Waals surface area contributed by atoms with Crippen LogP contribution in [0.3, 0.4) is 0 Å². The number of phenolic OH excluding ortho intramolecular Hbond substituents is 1. The summed E-state index contributed by atoms with van der Waals surface area (Å²) in [7, 11) is 0. The summed E-state index contributed by atoms with van der Waals surface area (Å²) in [6.45, 7) is 1.83. The number of halogens is 1. The molecule has 1 aromatic carbocycles. The van der Waals surface area contributed by atoms with E-state index < -0.39 is 5.82 Å². The van der Waals surface area contributed by atoms with Crippen molar-refractivity contribution >= 4 is 0 Å². The van der Waals surface area contributed by atoms with Crippen LogP contribution in [0.25, 0.3) is 0 Å². The molecule has 1 fully saturated rings. The van der Waals surface area contributed by atoms with E-state index in [1.165, 1.54) is 12.1 Å². The lowest BCUT2D eigenvalue weighted by Crippen LogP contribution is -2.20. The van der Waals surface area contributed by atoms with Crippen LogP contribution < -0.4 is 5.73 Å². The predicted octanol–water partition coefficient (Wildman–Crippen LogP) is 1.79. The number of phenols is 1. The Labute approximate surface area is 76.2 Å². The van der Waals surface area contributed by atoms with E-state index in [1.807, 2.05) is 6.92 Å². The average molecular weight is 181 g/mol. The van der Waals surface area contributed by atoms with Gasteiger partial charge in [0.1, 0.15) is 0 Å². The van der Waals surface area contributed by atoms with Crippen LogP contribution in [0.1, 0.15) is 24.0 Å². The normalized spacial score (nSPS) is 18.7. The maximum atomic E-state index is 13.0. The second-order valence-electron chi connectivity index (χ2n) is 3.77. The minimum absolute atomic E-state index is 0.300. The summed E-state index contributed by atoms with van der Waals surface area (Å²) >= 11 is 0. The second-order valence-corrected chi connectivity index (χ2v) is 3.77. The van der Waals surface area contributed by atoms with Crippen LogP contribution in [-0.2, 0) is 5.54 Å². The van der Waals surface area contributed by atoms with Crippen LogP contribution in [0.5, 0.6) is 5.75 Å². The summed E-state index contributed by atoms with van der Waals surface area (Å²) in [5.41, 5.74) is 7.29. The van der Waals surface area contributed by atoms with Gasteiger partial charge in [0.15, 0.2) is 11.6 Å². The molecule has 2 nitrogen and oxygen atoms in total. The summed E-state index contributed by atoms with van der Waals surface area (Å²) in [6, 6.07) is 2.77. The van der Waals surface area contributed by atoms with Gasteiger partial charge in [0.05, 0.1) is 0 Å². The Kier molecular flexibility index (Phi) is 1.60. The smallest absolute Gasteiger partial charge is 0.165 e. The van der Waals surface area contributed by atoms with E-state index in [0.717, 1.165) is 24.0 Å². The second kappa shape index (κ2) is 2.45. The maximum absolute atomic E-state index is 13.0. The Bertz CT molecular complexity index is 358. The molecule has 0 spiro atoms. The van der Waals surface area contributed by atoms with Gasteiger partial charge in [0, 0.05) is 5.54 Å². The number of aryl methyl sites for hydroxylation is 1. The van der Waals surface area contributed by atoms with Crippen molar-refractivity contribution in [3.63, 3.8) is 0 Å². The molecule has 1 aliphatic rings. The molecular formula is C10H12FNO. The first kappa shape index (κ1) is 8.51.